The number of cyclic esters (lactones) is 1. The molecule has 190 valence electrons. The van der Waals surface area contributed by atoms with Crippen molar-refractivity contribution in [3.63, 3.8) is 0 Å². The maximum absolute atomic E-state index is 13.8. The minimum atomic E-state index is -1.91. The Morgan fingerprint density at radius 1 is 1.08 bits per heavy atom. The fraction of sp³-hybridized carbons (Fsp3) is 0.207. The van der Waals surface area contributed by atoms with E-state index in [0.29, 0.717) is 34.0 Å². The molecule has 8 nitrogen and oxygen atoms in total. The summed E-state index contributed by atoms with van der Waals surface area (Å²) in [6.07, 6.45) is 3.75. The van der Waals surface area contributed by atoms with Gasteiger partial charge in [-0.2, -0.15) is 0 Å². The number of hydrogen-bond acceptors (Lipinski definition) is 7. The summed E-state index contributed by atoms with van der Waals surface area (Å²) in [6, 6.07) is 11.6. The molecule has 0 unspecified atom stereocenters. The average molecular weight is 512 g/mol. The number of benzene rings is 2. The lowest BCUT2D eigenvalue weighted by atomic mass is 9.86. The maximum Gasteiger partial charge on any atom is 0.343 e. The molecular formula is C29H21FN2O6. The molecule has 38 heavy (non-hydrogen) atoms. The van der Waals surface area contributed by atoms with Crippen molar-refractivity contribution >= 4 is 29.0 Å². The van der Waals surface area contributed by atoms with Crippen molar-refractivity contribution in [3.05, 3.63) is 86.5 Å². The minimum Gasteiger partial charge on any atom is -0.458 e. The Hall–Kier alpha value is -4.50. The summed E-state index contributed by atoms with van der Waals surface area (Å²) in [7, 11) is 0. The van der Waals surface area contributed by atoms with E-state index in [0.717, 1.165) is 16.5 Å². The Balaban J connectivity index is 1.49. The van der Waals surface area contributed by atoms with Crippen molar-refractivity contribution in [2.75, 3.05) is 6.79 Å². The van der Waals surface area contributed by atoms with Gasteiger partial charge in [0.2, 0.25) is 6.79 Å². The highest BCUT2D eigenvalue weighted by Crippen LogP contribution is 2.43. The number of pyridine rings is 2. The number of hydrogen-bond donors (Lipinski definition) is 1. The highest BCUT2D eigenvalue weighted by atomic mass is 19.1. The molecule has 5 heterocycles. The van der Waals surface area contributed by atoms with Gasteiger partial charge in [0, 0.05) is 22.6 Å². The van der Waals surface area contributed by atoms with E-state index in [1.807, 2.05) is 18.2 Å². The van der Waals surface area contributed by atoms with Crippen LogP contribution in [0.4, 0.5) is 4.39 Å². The van der Waals surface area contributed by atoms with Crippen LogP contribution in [-0.2, 0) is 28.3 Å². The summed E-state index contributed by atoms with van der Waals surface area (Å²) < 4.78 is 31.8. The number of esters is 1. The number of rotatable bonds is 3. The van der Waals surface area contributed by atoms with E-state index in [1.54, 1.807) is 35.8 Å². The second kappa shape index (κ2) is 8.00. The fourth-order valence-electron chi connectivity index (χ4n) is 5.48. The SMILES string of the molecule is CC[C@@]1(O)C(=O)OCc2c1cc1n(c2=O)Cc2c-1nc1cc3c(cc1c2/C=C/c1cccc(F)c1)OCO3. The van der Waals surface area contributed by atoms with Gasteiger partial charge in [-0.3, -0.25) is 4.79 Å². The first kappa shape index (κ1) is 22.7. The third-order valence-corrected chi connectivity index (χ3v) is 7.52. The van der Waals surface area contributed by atoms with Gasteiger partial charge in [-0.25, -0.2) is 14.2 Å². The van der Waals surface area contributed by atoms with Gasteiger partial charge in [0.15, 0.2) is 17.1 Å². The predicted octanol–water partition coefficient (Wildman–Crippen LogP) is 4.12. The van der Waals surface area contributed by atoms with Crippen LogP contribution < -0.4 is 15.0 Å². The molecule has 0 amide bonds. The van der Waals surface area contributed by atoms with Gasteiger partial charge in [-0.05, 0) is 41.8 Å². The van der Waals surface area contributed by atoms with Gasteiger partial charge in [0.25, 0.3) is 5.56 Å². The van der Waals surface area contributed by atoms with Crippen molar-refractivity contribution in [2.45, 2.75) is 32.1 Å². The summed E-state index contributed by atoms with van der Waals surface area (Å²) in [5.41, 5.74) is 2.21. The Morgan fingerprint density at radius 3 is 2.68 bits per heavy atom. The molecular weight excluding hydrogens is 491 g/mol. The molecule has 2 aromatic heterocycles. The fourth-order valence-corrected chi connectivity index (χ4v) is 5.48. The van der Waals surface area contributed by atoms with Crippen LogP contribution in [0.2, 0.25) is 0 Å². The van der Waals surface area contributed by atoms with Crippen LogP contribution in [0.3, 0.4) is 0 Å². The number of aromatic nitrogens is 2. The van der Waals surface area contributed by atoms with E-state index in [2.05, 4.69) is 0 Å². The van der Waals surface area contributed by atoms with Gasteiger partial charge >= 0.3 is 5.97 Å². The van der Waals surface area contributed by atoms with Crippen LogP contribution >= 0.6 is 0 Å². The van der Waals surface area contributed by atoms with Gasteiger partial charge in [0.05, 0.1) is 29.0 Å². The molecule has 0 aliphatic carbocycles. The van der Waals surface area contributed by atoms with E-state index in [4.69, 9.17) is 19.2 Å². The van der Waals surface area contributed by atoms with Gasteiger partial charge in [-0.15, -0.1) is 0 Å². The van der Waals surface area contributed by atoms with E-state index >= 15 is 0 Å². The third kappa shape index (κ3) is 3.15. The predicted molar refractivity (Wildman–Crippen MR) is 136 cm³/mol. The highest BCUT2D eigenvalue weighted by molar-refractivity contribution is 5.97. The van der Waals surface area contributed by atoms with Gasteiger partial charge < -0.3 is 23.9 Å². The van der Waals surface area contributed by atoms with Gasteiger partial charge in [0.1, 0.15) is 12.4 Å². The number of carbonyl (C=O) groups is 1. The Morgan fingerprint density at radius 2 is 1.89 bits per heavy atom. The molecule has 0 radical (unpaired) electrons. The summed E-state index contributed by atoms with van der Waals surface area (Å²) >= 11 is 0. The molecule has 2 aromatic carbocycles. The van der Waals surface area contributed by atoms with Crippen molar-refractivity contribution in [1.29, 1.82) is 0 Å². The largest absolute Gasteiger partial charge is 0.458 e. The smallest absolute Gasteiger partial charge is 0.343 e. The van der Waals surface area contributed by atoms with Crippen LogP contribution in [-0.4, -0.2) is 27.4 Å². The molecule has 3 aliphatic heterocycles. The molecule has 4 aromatic rings. The van der Waals surface area contributed by atoms with Crippen LogP contribution in [0.25, 0.3) is 34.4 Å². The van der Waals surface area contributed by atoms with Crippen LogP contribution in [0.1, 0.15) is 41.2 Å². The molecule has 0 saturated carbocycles. The minimum absolute atomic E-state index is 0.0603. The lowest BCUT2D eigenvalue weighted by Gasteiger charge is -2.31. The van der Waals surface area contributed by atoms with Crippen molar-refractivity contribution in [1.82, 2.24) is 9.55 Å². The van der Waals surface area contributed by atoms with E-state index in [1.165, 1.54) is 12.1 Å². The topological polar surface area (TPSA) is 99.9 Å². The van der Waals surface area contributed by atoms with E-state index in [-0.39, 0.29) is 48.9 Å². The first-order valence-electron chi connectivity index (χ1n) is 12.2. The second-order valence-electron chi connectivity index (χ2n) is 9.57. The Labute approximate surface area is 215 Å². The summed E-state index contributed by atoms with van der Waals surface area (Å²) in [5, 5.41) is 11.9. The summed E-state index contributed by atoms with van der Waals surface area (Å²) in [6.45, 7) is 1.80. The number of aliphatic hydroxyl groups is 1. The molecule has 7 rings (SSSR count). The highest BCUT2D eigenvalue weighted by Gasteiger charge is 2.45. The third-order valence-electron chi connectivity index (χ3n) is 7.52. The Kier molecular flexibility index (Phi) is 4.77. The van der Waals surface area contributed by atoms with Crippen molar-refractivity contribution < 1.29 is 28.5 Å². The molecule has 9 heteroatoms. The summed E-state index contributed by atoms with van der Waals surface area (Å²) in [4.78, 5) is 31.0. The van der Waals surface area contributed by atoms with Crippen LogP contribution in [0.15, 0.2) is 47.3 Å². The van der Waals surface area contributed by atoms with Gasteiger partial charge in [-0.1, -0.05) is 31.2 Å². The zero-order valence-electron chi connectivity index (χ0n) is 20.3. The molecule has 3 aliphatic rings. The van der Waals surface area contributed by atoms with E-state index < -0.39 is 11.6 Å². The number of halogens is 1. The number of nitrogens with zero attached hydrogens (tertiary/aromatic N) is 2. The second-order valence-corrected chi connectivity index (χ2v) is 9.57. The molecule has 1 N–H and O–H groups in total. The number of ether oxygens (including phenoxy) is 3. The van der Waals surface area contributed by atoms with E-state index in [9.17, 15) is 19.1 Å². The Bertz CT molecular complexity index is 1790. The van der Waals surface area contributed by atoms with Crippen LogP contribution in [0, 0.1) is 5.82 Å². The van der Waals surface area contributed by atoms with Crippen molar-refractivity contribution in [3.8, 4) is 22.9 Å². The molecule has 0 fully saturated rings. The normalized spacial score (nSPS) is 19.0. The average Bonchev–Trinajstić information content (AvgIpc) is 3.52. The monoisotopic (exact) mass is 512 g/mol. The number of carbonyl (C=O) groups excluding carboxylic acids is 1. The number of fused-ring (bicyclic) bond motifs is 6. The van der Waals surface area contributed by atoms with Crippen LogP contribution in [0.5, 0.6) is 11.5 Å². The molecule has 0 bridgehead atoms. The quantitative estimate of drug-likeness (QED) is 0.363. The van der Waals surface area contributed by atoms with Crippen molar-refractivity contribution in [2.24, 2.45) is 0 Å². The lowest BCUT2D eigenvalue weighted by Crippen LogP contribution is -2.44. The first-order chi connectivity index (χ1) is 18.4. The molecule has 0 spiro atoms. The first-order valence-corrected chi connectivity index (χ1v) is 12.2. The zero-order valence-corrected chi connectivity index (χ0v) is 20.3. The molecule has 1 atom stereocenters. The maximum atomic E-state index is 13.8. The standard InChI is InChI=1S/C29H21FN2O6/c1-2-29(35)21-10-23-26-19(12-32(23)27(33)20(21)13-36-28(29)34)17(7-6-15-4-3-5-16(30)8-15)18-9-24-25(38-14-37-24)11-22(18)31-26/h3-11,35H,2,12-14H2,1H3/b7-6+/t29-/m0/s1. The zero-order chi connectivity index (χ0) is 26.2. The molecule has 0 saturated heterocycles. The summed E-state index contributed by atoms with van der Waals surface area (Å²) in [5.74, 6) is 0.0402. The lowest BCUT2D eigenvalue weighted by molar-refractivity contribution is -0.172.